The van der Waals surface area contributed by atoms with Crippen LogP contribution in [0.5, 0.6) is 5.75 Å². The predicted octanol–water partition coefficient (Wildman–Crippen LogP) is 3.66. The molecule has 1 saturated carbocycles. The van der Waals surface area contributed by atoms with Crippen LogP contribution in [-0.4, -0.2) is 43.0 Å². The number of aryl methyl sites for hydroxylation is 1. The van der Waals surface area contributed by atoms with Crippen LogP contribution < -0.4 is 10.3 Å². The maximum absolute atomic E-state index is 12.6. The monoisotopic (exact) mass is 444 g/mol. The van der Waals surface area contributed by atoms with Gasteiger partial charge in [0.1, 0.15) is 11.3 Å². The number of hydrogen-bond acceptors (Lipinski definition) is 5. The Hall–Kier alpha value is -2.58. The van der Waals surface area contributed by atoms with E-state index in [2.05, 4.69) is 4.98 Å². The van der Waals surface area contributed by atoms with E-state index in [0.717, 1.165) is 36.6 Å². The lowest BCUT2D eigenvalue weighted by Crippen LogP contribution is -2.27. The molecule has 0 unspecified atom stereocenters. The summed E-state index contributed by atoms with van der Waals surface area (Å²) in [5.74, 6) is 0.637. The number of aromatic nitrogens is 2. The maximum atomic E-state index is 12.6. The Balaban J connectivity index is 1.83. The first-order valence-corrected chi connectivity index (χ1v) is 12.2. The molecule has 0 bridgehead atoms. The number of sulfone groups is 1. The molecule has 0 amide bonds. The van der Waals surface area contributed by atoms with Gasteiger partial charge in [-0.25, -0.2) is 8.42 Å². The average molecular weight is 445 g/mol. The number of ether oxygens (including phenoxy) is 2. The number of fused-ring (bicyclic) bond motifs is 1. The summed E-state index contributed by atoms with van der Waals surface area (Å²) in [5, 5.41) is 0.738. The second kappa shape index (κ2) is 8.51. The van der Waals surface area contributed by atoms with Crippen LogP contribution in [0, 0.1) is 0 Å². The topological polar surface area (TPSA) is 90.4 Å². The molecule has 2 aromatic heterocycles. The minimum Gasteiger partial charge on any atom is -0.490 e. The lowest BCUT2D eigenvalue weighted by atomic mass is 9.94. The molecule has 0 atom stereocenters. The van der Waals surface area contributed by atoms with Crippen molar-refractivity contribution in [1.82, 2.24) is 9.55 Å². The molecule has 0 aliphatic heterocycles. The Morgan fingerprint density at radius 1 is 1.10 bits per heavy atom. The van der Waals surface area contributed by atoms with Crippen molar-refractivity contribution in [2.75, 3.05) is 12.9 Å². The van der Waals surface area contributed by atoms with Crippen molar-refractivity contribution < 1.29 is 17.9 Å². The highest BCUT2D eigenvalue weighted by Gasteiger charge is 2.25. The van der Waals surface area contributed by atoms with Gasteiger partial charge in [0.25, 0.3) is 5.56 Å². The molecule has 1 N–H and O–H groups in total. The molecule has 166 valence electrons. The van der Waals surface area contributed by atoms with E-state index in [4.69, 9.17) is 9.47 Å². The van der Waals surface area contributed by atoms with Crippen molar-refractivity contribution in [1.29, 1.82) is 0 Å². The van der Waals surface area contributed by atoms with E-state index in [1.54, 1.807) is 51.7 Å². The third kappa shape index (κ3) is 4.14. The van der Waals surface area contributed by atoms with Crippen LogP contribution in [0.3, 0.4) is 0 Å². The zero-order chi connectivity index (χ0) is 22.2. The lowest BCUT2D eigenvalue weighted by molar-refractivity contribution is 0.0329. The highest BCUT2D eigenvalue weighted by molar-refractivity contribution is 7.91. The van der Waals surface area contributed by atoms with E-state index >= 15 is 0 Å². The number of rotatable bonds is 6. The van der Waals surface area contributed by atoms with Crippen molar-refractivity contribution in [3.8, 4) is 16.9 Å². The Kier molecular flexibility index (Phi) is 5.94. The number of hydrogen-bond donors (Lipinski definition) is 1. The minimum atomic E-state index is -3.40. The first-order chi connectivity index (χ1) is 14.8. The second-order valence-corrected chi connectivity index (χ2v) is 10.3. The fourth-order valence-electron chi connectivity index (χ4n) is 4.23. The summed E-state index contributed by atoms with van der Waals surface area (Å²) >= 11 is 0. The Bertz CT molecular complexity index is 1250. The molecule has 7 nitrogen and oxygen atoms in total. The van der Waals surface area contributed by atoms with Gasteiger partial charge in [0.15, 0.2) is 9.84 Å². The minimum absolute atomic E-state index is 0.0144. The Morgan fingerprint density at radius 2 is 1.81 bits per heavy atom. The number of nitrogens with one attached hydrogen (secondary N) is 1. The fraction of sp³-hybridized carbons (Fsp3) is 0.435. The van der Waals surface area contributed by atoms with Crippen LogP contribution in [0.2, 0.25) is 0 Å². The first-order valence-electron chi connectivity index (χ1n) is 10.6. The molecule has 1 aromatic carbocycles. The molecule has 0 spiro atoms. The molecule has 0 saturated heterocycles. The van der Waals surface area contributed by atoms with Gasteiger partial charge >= 0.3 is 0 Å². The van der Waals surface area contributed by atoms with E-state index in [0.29, 0.717) is 16.8 Å². The molecule has 8 heteroatoms. The number of methoxy groups -OCH3 is 1. The molecule has 3 aromatic rings. The van der Waals surface area contributed by atoms with E-state index in [9.17, 15) is 13.2 Å². The van der Waals surface area contributed by atoms with Crippen molar-refractivity contribution >= 4 is 20.7 Å². The molecule has 31 heavy (non-hydrogen) atoms. The van der Waals surface area contributed by atoms with Gasteiger partial charge in [0, 0.05) is 43.1 Å². The summed E-state index contributed by atoms with van der Waals surface area (Å²) in [6, 6.07) is 6.85. The van der Waals surface area contributed by atoms with E-state index in [-0.39, 0.29) is 28.4 Å². The van der Waals surface area contributed by atoms with Gasteiger partial charge in [0.2, 0.25) is 0 Å². The molecule has 4 rings (SSSR count). The van der Waals surface area contributed by atoms with Crippen molar-refractivity contribution in [2.24, 2.45) is 7.05 Å². The fourth-order valence-corrected chi connectivity index (χ4v) is 5.14. The van der Waals surface area contributed by atoms with Crippen molar-refractivity contribution in [2.45, 2.75) is 49.7 Å². The van der Waals surface area contributed by atoms with E-state index in [1.165, 1.54) is 4.57 Å². The quantitative estimate of drug-likeness (QED) is 0.627. The van der Waals surface area contributed by atoms with E-state index < -0.39 is 9.84 Å². The molecule has 1 fully saturated rings. The number of aromatic amines is 1. The third-order valence-electron chi connectivity index (χ3n) is 6.12. The number of nitrogens with zero attached hydrogens (tertiary/aromatic N) is 1. The van der Waals surface area contributed by atoms with Gasteiger partial charge in [-0.1, -0.05) is 6.92 Å². The number of H-pyrrole nitrogens is 1. The van der Waals surface area contributed by atoms with Crippen LogP contribution in [0.25, 0.3) is 22.0 Å². The summed E-state index contributed by atoms with van der Waals surface area (Å²) < 4.78 is 38.5. The first kappa shape index (κ1) is 21.6. The lowest BCUT2D eigenvalue weighted by Gasteiger charge is -2.29. The number of pyridine rings is 1. The van der Waals surface area contributed by atoms with Crippen LogP contribution >= 0.6 is 0 Å². The van der Waals surface area contributed by atoms with Crippen LogP contribution in [0.1, 0.15) is 32.6 Å². The highest BCUT2D eigenvalue weighted by Crippen LogP contribution is 2.38. The summed E-state index contributed by atoms with van der Waals surface area (Å²) in [4.78, 5) is 15.7. The number of benzene rings is 1. The molecule has 1 aliphatic carbocycles. The van der Waals surface area contributed by atoms with Crippen LogP contribution in [0.4, 0.5) is 0 Å². The van der Waals surface area contributed by atoms with Gasteiger partial charge in [-0.15, -0.1) is 0 Å². The molecular weight excluding hydrogens is 416 g/mol. The largest absolute Gasteiger partial charge is 0.490 e. The van der Waals surface area contributed by atoms with Crippen LogP contribution in [0.15, 0.2) is 46.3 Å². The van der Waals surface area contributed by atoms with Gasteiger partial charge in [-0.3, -0.25) is 4.79 Å². The summed E-state index contributed by atoms with van der Waals surface area (Å²) in [6.07, 6.45) is 7.37. The highest BCUT2D eigenvalue weighted by atomic mass is 32.2. The average Bonchev–Trinajstić information content (AvgIpc) is 3.27. The van der Waals surface area contributed by atoms with Crippen molar-refractivity contribution in [3.63, 3.8) is 0 Å². The maximum Gasteiger partial charge on any atom is 0.274 e. The van der Waals surface area contributed by atoms with Crippen LogP contribution in [-0.2, 0) is 21.6 Å². The smallest absolute Gasteiger partial charge is 0.274 e. The summed E-state index contributed by atoms with van der Waals surface area (Å²) in [6.45, 7) is 1.63. The summed E-state index contributed by atoms with van der Waals surface area (Å²) in [5.41, 5.74) is 1.77. The third-order valence-corrected chi connectivity index (χ3v) is 7.85. The predicted molar refractivity (Wildman–Crippen MR) is 120 cm³/mol. The molecule has 0 radical (unpaired) electrons. The van der Waals surface area contributed by atoms with Gasteiger partial charge in [0.05, 0.1) is 22.9 Å². The van der Waals surface area contributed by atoms with Gasteiger partial charge < -0.3 is 19.0 Å². The molecule has 1 aliphatic rings. The zero-order valence-electron chi connectivity index (χ0n) is 18.1. The Labute approximate surface area is 181 Å². The molecule has 2 heterocycles. The normalized spacial score (nSPS) is 19.6. The summed E-state index contributed by atoms with van der Waals surface area (Å²) in [7, 11) is 0.0248. The second-order valence-electron chi connectivity index (χ2n) is 8.04. The molecular formula is C23H28N2O5S. The van der Waals surface area contributed by atoms with Crippen molar-refractivity contribution in [3.05, 3.63) is 47.0 Å². The van der Waals surface area contributed by atoms with Gasteiger partial charge in [-0.2, -0.15) is 0 Å². The zero-order valence-corrected chi connectivity index (χ0v) is 18.9. The van der Waals surface area contributed by atoms with Gasteiger partial charge in [-0.05, 0) is 49.9 Å². The standard InChI is InChI=1S/C23H28N2O5S/c1-4-31(27,28)17-9-10-21(30-16-7-5-15(29-3)6-8-16)19(13-17)20-14-25(2)23(26)22-18(20)11-12-24-22/h9-16,24H,4-8H2,1-3H3/t15-,16-. The SMILES string of the molecule is CCS(=O)(=O)c1ccc(O[C@H]2CC[C@H](OC)CC2)c(-c2cn(C)c(=O)c3[nH]ccc23)c1. The Morgan fingerprint density at radius 3 is 2.48 bits per heavy atom. The van der Waals surface area contributed by atoms with E-state index in [1.807, 2.05) is 6.07 Å².